The van der Waals surface area contributed by atoms with E-state index in [-0.39, 0.29) is 0 Å². The minimum atomic E-state index is 0.622. The summed E-state index contributed by atoms with van der Waals surface area (Å²) in [5, 5.41) is 4.50. The van der Waals surface area contributed by atoms with Crippen molar-refractivity contribution in [3.05, 3.63) is 17.0 Å². The summed E-state index contributed by atoms with van der Waals surface area (Å²) in [6.07, 6.45) is 0. The smallest absolute Gasteiger partial charge is 0.0767 e. The summed E-state index contributed by atoms with van der Waals surface area (Å²) >= 11 is 1.93. The molecular formula is C8H13N3S. The first-order chi connectivity index (χ1) is 5.86. The van der Waals surface area contributed by atoms with Gasteiger partial charge in [-0.05, 0) is 6.92 Å². The van der Waals surface area contributed by atoms with Crippen molar-refractivity contribution < 1.29 is 0 Å². The van der Waals surface area contributed by atoms with Crippen molar-refractivity contribution in [1.82, 2.24) is 9.78 Å². The van der Waals surface area contributed by atoms with Crippen LogP contribution in [0.3, 0.4) is 0 Å². The van der Waals surface area contributed by atoms with Crippen LogP contribution in [0.25, 0.3) is 0 Å². The van der Waals surface area contributed by atoms with E-state index in [9.17, 15) is 0 Å². The van der Waals surface area contributed by atoms with Gasteiger partial charge in [0, 0.05) is 30.2 Å². The van der Waals surface area contributed by atoms with Crippen LogP contribution in [-0.4, -0.2) is 9.78 Å². The third-order valence-corrected chi connectivity index (χ3v) is 3.20. The Hall–Kier alpha value is -0.480. The lowest BCUT2D eigenvalue weighted by molar-refractivity contribution is 0.616. The van der Waals surface area contributed by atoms with Gasteiger partial charge in [0.2, 0.25) is 0 Å². The number of hydrogen-bond donors (Lipinski definition) is 1. The van der Waals surface area contributed by atoms with Gasteiger partial charge in [0.1, 0.15) is 0 Å². The van der Waals surface area contributed by atoms with Gasteiger partial charge >= 0.3 is 0 Å². The predicted octanol–water partition coefficient (Wildman–Crippen LogP) is 1.11. The van der Waals surface area contributed by atoms with E-state index in [1.807, 2.05) is 16.4 Å². The monoisotopic (exact) mass is 183 g/mol. The summed E-state index contributed by atoms with van der Waals surface area (Å²) in [6, 6.07) is 0. The largest absolute Gasteiger partial charge is 0.325 e. The molecule has 1 aromatic rings. The molecule has 0 aromatic carbocycles. The first kappa shape index (κ1) is 8.13. The van der Waals surface area contributed by atoms with Crippen LogP contribution in [0.1, 0.15) is 23.9 Å². The van der Waals surface area contributed by atoms with Crippen LogP contribution >= 0.6 is 11.8 Å². The predicted molar refractivity (Wildman–Crippen MR) is 50.8 cm³/mol. The Morgan fingerprint density at radius 2 is 2.42 bits per heavy atom. The summed E-state index contributed by atoms with van der Waals surface area (Å²) < 4.78 is 2.03. The van der Waals surface area contributed by atoms with Crippen LogP contribution in [0.4, 0.5) is 0 Å². The Balaban J connectivity index is 2.46. The van der Waals surface area contributed by atoms with Gasteiger partial charge < -0.3 is 5.73 Å². The zero-order valence-electron chi connectivity index (χ0n) is 7.21. The van der Waals surface area contributed by atoms with E-state index in [0.29, 0.717) is 6.54 Å². The normalized spacial score (nSPS) is 15.2. The van der Waals surface area contributed by atoms with Crippen LogP contribution in [-0.2, 0) is 24.6 Å². The van der Waals surface area contributed by atoms with Gasteiger partial charge in [-0.25, -0.2) is 0 Å². The highest BCUT2D eigenvalue weighted by atomic mass is 32.2. The first-order valence-electron chi connectivity index (χ1n) is 4.22. The number of rotatable bonds is 2. The van der Waals surface area contributed by atoms with Crippen LogP contribution < -0.4 is 5.73 Å². The maximum absolute atomic E-state index is 5.67. The van der Waals surface area contributed by atoms with Crippen molar-refractivity contribution in [2.45, 2.75) is 31.5 Å². The van der Waals surface area contributed by atoms with E-state index in [1.54, 1.807) is 0 Å². The molecule has 4 heteroatoms. The minimum Gasteiger partial charge on any atom is -0.325 e. The number of thioether (sulfide) groups is 1. The van der Waals surface area contributed by atoms with Crippen molar-refractivity contribution in [2.24, 2.45) is 5.73 Å². The molecule has 3 nitrogen and oxygen atoms in total. The molecule has 0 spiro atoms. The van der Waals surface area contributed by atoms with E-state index in [4.69, 9.17) is 5.73 Å². The highest BCUT2D eigenvalue weighted by Crippen LogP contribution is 2.31. The third-order valence-electron chi connectivity index (χ3n) is 2.23. The van der Waals surface area contributed by atoms with E-state index in [0.717, 1.165) is 18.1 Å². The van der Waals surface area contributed by atoms with Gasteiger partial charge in [-0.1, -0.05) is 0 Å². The van der Waals surface area contributed by atoms with Gasteiger partial charge in [-0.15, -0.1) is 0 Å². The number of nitrogens with zero attached hydrogens (tertiary/aromatic N) is 2. The summed E-state index contributed by atoms with van der Waals surface area (Å²) in [5.41, 5.74) is 9.55. The molecule has 0 amide bonds. The highest BCUT2D eigenvalue weighted by molar-refractivity contribution is 7.98. The van der Waals surface area contributed by atoms with Gasteiger partial charge in [0.15, 0.2) is 0 Å². The Bertz CT molecular complexity index is 293. The van der Waals surface area contributed by atoms with Crippen LogP contribution in [0.5, 0.6) is 0 Å². The number of aryl methyl sites for hydroxylation is 1. The fraction of sp³-hybridized carbons (Fsp3) is 0.625. The second-order valence-corrected chi connectivity index (χ2v) is 3.87. The zero-order valence-corrected chi connectivity index (χ0v) is 8.02. The molecule has 1 aliphatic heterocycles. The molecule has 0 aliphatic carbocycles. The Morgan fingerprint density at radius 3 is 3.08 bits per heavy atom. The summed E-state index contributed by atoms with van der Waals surface area (Å²) in [4.78, 5) is 0. The molecule has 2 heterocycles. The maximum atomic E-state index is 5.67. The van der Waals surface area contributed by atoms with Crippen LogP contribution in [0.2, 0.25) is 0 Å². The van der Waals surface area contributed by atoms with E-state index in [1.165, 1.54) is 17.0 Å². The topological polar surface area (TPSA) is 43.8 Å². The van der Waals surface area contributed by atoms with Crippen molar-refractivity contribution >= 4 is 11.8 Å². The van der Waals surface area contributed by atoms with Crippen molar-refractivity contribution in [1.29, 1.82) is 0 Å². The molecule has 1 aliphatic rings. The number of nitrogens with two attached hydrogens (primary N) is 1. The molecule has 0 radical (unpaired) electrons. The standard InChI is InChI=1S/C8H13N3S/c1-2-11-8(3-9)6-4-12-5-7(6)10-11/h2-5,9H2,1H3. The first-order valence-corrected chi connectivity index (χ1v) is 5.37. The maximum Gasteiger partial charge on any atom is 0.0767 e. The second-order valence-electron chi connectivity index (χ2n) is 2.88. The van der Waals surface area contributed by atoms with Crippen molar-refractivity contribution in [2.75, 3.05) is 0 Å². The van der Waals surface area contributed by atoms with Crippen LogP contribution in [0, 0.1) is 0 Å². The third kappa shape index (κ3) is 1.06. The molecule has 0 saturated heterocycles. The number of aromatic nitrogens is 2. The molecule has 0 atom stereocenters. The molecule has 2 rings (SSSR count). The molecule has 1 aromatic heterocycles. The fourth-order valence-corrected chi connectivity index (χ4v) is 2.68. The number of hydrogen-bond acceptors (Lipinski definition) is 3. The molecule has 66 valence electrons. The molecule has 0 fully saturated rings. The average molecular weight is 183 g/mol. The Morgan fingerprint density at radius 1 is 1.58 bits per heavy atom. The summed E-state index contributed by atoms with van der Waals surface area (Å²) in [6.45, 7) is 3.66. The minimum absolute atomic E-state index is 0.622. The van der Waals surface area contributed by atoms with E-state index in [2.05, 4.69) is 12.0 Å². The lowest BCUT2D eigenvalue weighted by Crippen LogP contribution is -2.08. The molecule has 0 unspecified atom stereocenters. The van der Waals surface area contributed by atoms with Gasteiger partial charge in [0.05, 0.1) is 11.4 Å². The Kier molecular flexibility index (Phi) is 2.11. The van der Waals surface area contributed by atoms with Crippen molar-refractivity contribution in [3.8, 4) is 0 Å². The van der Waals surface area contributed by atoms with Gasteiger partial charge in [-0.2, -0.15) is 16.9 Å². The zero-order chi connectivity index (χ0) is 8.55. The van der Waals surface area contributed by atoms with Gasteiger partial charge in [0.25, 0.3) is 0 Å². The molecular weight excluding hydrogens is 170 g/mol. The van der Waals surface area contributed by atoms with Crippen LogP contribution in [0.15, 0.2) is 0 Å². The van der Waals surface area contributed by atoms with E-state index < -0.39 is 0 Å². The lowest BCUT2D eigenvalue weighted by Gasteiger charge is -2.02. The molecule has 12 heavy (non-hydrogen) atoms. The highest BCUT2D eigenvalue weighted by Gasteiger charge is 2.20. The van der Waals surface area contributed by atoms with Gasteiger partial charge in [-0.3, -0.25) is 4.68 Å². The molecule has 0 bridgehead atoms. The lowest BCUT2D eigenvalue weighted by atomic mass is 10.2. The Labute approximate surface area is 76.3 Å². The SMILES string of the molecule is CCn1nc2c(c1CN)CSC2. The van der Waals surface area contributed by atoms with E-state index >= 15 is 0 Å². The summed E-state index contributed by atoms with van der Waals surface area (Å²) in [7, 11) is 0. The van der Waals surface area contributed by atoms with Crippen molar-refractivity contribution in [3.63, 3.8) is 0 Å². The molecule has 0 saturated carbocycles. The average Bonchev–Trinajstić information content (AvgIpc) is 2.61. The quantitative estimate of drug-likeness (QED) is 0.747. The molecule has 2 N–H and O–H groups in total. The summed E-state index contributed by atoms with van der Waals surface area (Å²) in [5.74, 6) is 2.16. The fourth-order valence-electron chi connectivity index (χ4n) is 1.61. The number of fused-ring (bicyclic) bond motifs is 1. The second kappa shape index (κ2) is 3.11.